The Labute approximate surface area is 219 Å². The van der Waals surface area contributed by atoms with Crippen molar-refractivity contribution in [1.29, 1.82) is 5.26 Å². The summed E-state index contributed by atoms with van der Waals surface area (Å²) in [6, 6.07) is 2.41. The lowest BCUT2D eigenvalue weighted by Crippen LogP contribution is -2.54. The van der Waals surface area contributed by atoms with E-state index in [0.717, 1.165) is 31.7 Å². The fourth-order valence-electron chi connectivity index (χ4n) is 6.13. The number of anilines is 1. The molecule has 0 spiro atoms. The number of pyridine rings is 1. The number of carboxylic acid groups (broad SMARTS) is 1. The maximum atomic E-state index is 15.7. The van der Waals surface area contributed by atoms with Crippen LogP contribution in [0.2, 0.25) is 0 Å². The normalized spacial score (nSPS) is 21.9. The van der Waals surface area contributed by atoms with Gasteiger partial charge in [0.2, 0.25) is 11.3 Å². The van der Waals surface area contributed by atoms with E-state index in [2.05, 4.69) is 10.8 Å². The molecule has 5 rings (SSSR count). The van der Waals surface area contributed by atoms with Crippen molar-refractivity contribution in [3.05, 3.63) is 33.9 Å². The molecule has 1 aliphatic carbocycles. The number of ether oxygens (including phenoxy) is 1. The molecule has 1 aromatic carbocycles. The highest BCUT2D eigenvalue weighted by atomic mass is 19.1. The minimum Gasteiger partial charge on any atom is -0.449 e. The molecule has 2 aliphatic heterocycles. The highest BCUT2D eigenvalue weighted by Crippen LogP contribution is 2.42. The summed E-state index contributed by atoms with van der Waals surface area (Å²) in [6.07, 6.45) is 3.51. The monoisotopic (exact) mass is 525 g/mol. The number of aromatic nitrogens is 1. The zero-order chi connectivity index (χ0) is 27.3. The van der Waals surface area contributed by atoms with Gasteiger partial charge in [0.25, 0.3) is 0 Å². The minimum absolute atomic E-state index is 0.0268. The van der Waals surface area contributed by atoms with Crippen molar-refractivity contribution >= 4 is 28.7 Å². The number of nitrogens with two attached hydrogens (primary N) is 1. The Morgan fingerprint density at radius 1 is 1.29 bits per heavy atom. The number of halogens is 1. The van der Waals surface area contributed by atoms with E-state index in [1.165, 1.54) is 6.20 Å². The molecule has 2 aromatic rings. The molecule has 202 valence electrons. The summed E-state index contributed by atoms with van der Waals surface area (Å²) in [5.41, 5.74) is 5.85. The van der Waals surface area contributed by atoms with Crippen LogP contribution in [-0.4, -0.2) is 58.4 Å². The molecular formula is C27H32FN5O5. The number of hydrogen-bond acceptors (Lipinski definition) is 7. The fourth-order valence-corrected chi connectivity index (χ4v) is 6.13. The van der Waals surface area contributed by atoms with Gasteiger partial charge in [0, 0.05) is 25.7 Å². The average molecular weight is 526 g/mol. The third kappa shape index (κ3) is 4.58. The smallest absolute Gasteiger partial charge is 0.449 e. The Kier molecular flexibility index (Phi) is 6.77. The molecule has 3 atom stereocenters. The predicted molar refractivity (Wildman–Crippen MR) is 138 cm³/mol. The lowest BCUT2D eigenvalue weighted by atomic mass is 9.91. The largest absolute Gasteiger partial charge is 0.511 e. The summed E-state index contributed by atoms with van der Waals surface area (Å²) >= 11 is 0. The molecule has 3 fully saturated rings. The second kappa shape index (κ2) is 9.91. The summed E-state index contributed by atoms with van der Waals surface area (Å²) in [5, 5.41) is 19.2. The topological polar surface area (TPSA) is 142 Å². The maximum Gasteiger partial charge on any atom is 0.511 e. The van der Waals surface area contributed by atoms with Crippen molar-refractivity contribution < 1.29 is 23.8 Å². The minimum atomic E-state index is -1.65. The van der Waals surface area contributed by atoms with Crippen molar-refractivity contribution in [3.63, 3.8) is 0 Å². The molecule has 3 heterocycles. The summed E-state index contributed by atoms with van der Waals surface area (Å²) in [5.74, 6) is -0.869. The number of likely N-dealkylation sites (tertiary alicyclic amines) is 1. The van der Waals surface area contributed by atoms with Crippen LogP contribution in [0.1, 0.15) is 57.6 Å². The van der Waals surface area contributed by atoms with Crippen molar-refractivity contribution in [2.75, 3.05) is 24.5 Å². The van der Waals surface area contributed by atoms with Gasteiger partial charge in [-0.1, -0.05) is 13.8 Å². The van der Waals surface area contributed by atoms with Crippen LogP contribution in [0.5, 0.6) is 5.75 Å². The number of nitrogens with zero attached hydrogens (tertiary/aromatic N) is 4. The van der Waals surface area contributed by atoms with Crippen LogP contribution in [0.3, 0.4) is 0 Å². The van der Waals surface area contributed by atoms with Crippen molar-refractivity contribution in [3.8, 4) is 11.8 Å². The summed E-state index contributed by atoms with van der Waals surface area (Å²) in [6.45, 7) is 5.47. The molecule has 2 saturated heterocycles. The number of fused-ring (bicyclic) bond motifs is 2. The van der Waals surface area contributed by atoms with Crippen molar-refractivity contribution in [2.24, 2.45) is 17.6 Å². The molecular weight excluding hydrogens is 493 g/mol. The van der Waals surface area contributed by atoms with Crippen LogP contribution in [0, 0.1) is 29.0 Å². The van der Waals surface area contributed by atoms with E-state index in [4.69, 9.17) is 10.8 Å². The van der Waals surface area contributed by atoms with E-state index in [0.29, 0.717) is 26.1 Å². The Bertz CT molecular complexity index is 1400. The zero-order valence-corrected chi connectivity index (χ0v) is 21.5. The summed E-state index contributed by atoms with van der Waals surface area (Å²) in [4.78, 5) is 41.0. The number of hydrogen-bond donors (Lipinski definition) is 2. The quantitative estimate of drug-likeness (QED) is 0.548. The molecule has 3 aliphatic rings. The van der Waals surface area contributed by atoms with E-state index in [1.807, 2.05) is 23.6 Å². The van der Waals surface area contributed by atoms with Gasteiger partial charge < -0.3 is 29.9 Å². The number of benzene rings is 1. The molecule has 0 radical (unpaired) electrons. The average Bonchev–Trinajstić information content (AvgIpc) is 3.61. The first kappa shape index (κ1) is 26.0. The highest BCUT2D eigenvalue weighted by Gasteiger charge is 2.43. The fraction of sp³-hybridized carbons (Fsp3) is 0.556. The SMILES string of the molecule is CC(C)C[C@H](N)C(=O)N1CCC[C@H]2CN(c3c(F)cc4c(=O)c(OC(=O)O)cn(C5CC5)c4c3C#N)C[C@H]21. The van der Waals surface area contributed by atoms with Crippen LogP contribution in [0.25, 0.3) is 10.9 Å². The molecule has 0 bridgehead atoms. The Balaban J connectivity index is 1.56. The van der Waals surface area contributed by atoms with Crippen molar-refractivity contribution in [2.45, 2.75) is 64.1 Å². The zero-order valence-electron chi connectivity index (χ0n) is 21.5. The van der Waals surface area contributed by atoms with Crippen LogP contribution in [-0.2, 0) is 4.79 Å². The first-order valence-corrected chi connectivity index (χ1v) is 13.1. The van der Waals surface area contributed by atoms with Gasteiger partial charge in [-0.05, 0) is 50.0 Å². The van der Waals surface area contributed by atoms with Crippen LogP contribution in [0.4, 0.5) is 14.9 Å². The summed E-state index contributed by atoms with van der Waals surface area (Å²) < 4.78 is 22.1. The van der Waals surface area contributed by atoms with Crippen molar-refractivity contribution in [1.82, 2.24) is 9.47 Å². The first-order chi connectivity index (χ1) is 18.1. The molecule has 1 aromatic heterocycles. The van der Waals surface area contributed by atoms with Gasteiger partial charge in [-0.2, -0.15) is 5.26 Å². The third-order valence-electron chi connectivity index (χ3n) is 7.88. The van der Waals surface area contributed by atoms with Gasteiger partial charge in [0.15, 0.2) is 5.75 Å². The van der Waals surface area contributed by atoms with Gasteiger partial charge >= 0.3 is 6.16 Å². The van der Waals surface area contributed by atoms with E-state index in [-0.39, 0.29) is 52.0 Å². The van der Waals surface area contributed by atoms with E-state index >= 15 is 4.39 Å². The van der Waals surface area contributed by atoms with Crippen LogP contribution < -0.4 is 20.8 Å². The Morgan fingerprint density at radius 2 is 2.03 bits per heavy atom. The third-order valence-corrected chi connectivity index (χ3v) is 7.88. The second-order valence-electron chi connectivity index (χ2n) is 11.1. The highest BCUT2D eigenvalue weighted by molar-refractivity contribution is 5.92. The second-order valence-corrected chi connectivity index (χ2v) is 11.1. The number of carbonyl (C=O) groups is 2. The molecule has 1 saturated carbocycles. The standard InChI is InChI=1S/C27H32FN5O5/c1-14(2)8-20(30)26(35)32-7-3-4-15-11-31(12-21(15)32)24-18(10-29)23-17(9-19(24)28)25(34)22(38-27(36)37)13-33(23)16-5-6-16/h9,13-16,20-21H,3-8,11-12,30H2,1-2H3,(H,36,37)/t15-,20-,21+/m0/s1. The number of nitriles is 1. The van der Waals surface area contributed by atoms with Gasteiger partial charge in [-0.3, -0.25) is 9.59 Å². The van der Waals surface area contributed by atoms with Crippen LogP contribution >= 0.6 is 0 Å². The first-order valence-electron chi connectivity index (χ1n) is 13.1. The van der Waals surface area contributed by atoms with Gasteiger partial charge in [-0.15, -0.1) is 0 Å². The maximum absolute atomic E-state index is 15.7. The van der Waals surface area contributed by atoms with E-state index < -0.39 is 29.2 Å². The molecule has 3 N–H and O–H groups in total. The Hall–Kier alpha value is -3.65. The summed E-state index contributed by atoms with van der Waals surface area (Å²) in [7, 11) is 0. The van der Waals surface area contributed by atoms with Gasteiger partial charge in [-0.25, -0.2) is 9.18 Å². The lowest BCUT2D eigenvalue weighted by Gasteiger charge is -2.38. The number of piperidine rings is 1. The number of carbonyl (C=O) groups excluding carboxylic acids is 1. The van der Waals surface area contributed by atoms with Gasteiger partial charge in [0.1, 0.15) is 17.4 Å². The van der Waals surface area contributed by atoms with E-state index in [9.17, 15) is 19.6 Å². The Morgan fingerprint density at radius 3 is 2.66 bits per heavy atom. The molecule has 1 amide bonds. The predicted octanol–water partition coefficient (Wildman–Crippen LogP) is 3.20. The molecule has 0 unspecified atom stereocenters. The van der Waals surface area contributed by atoms with Crippen LogP contribution in [0.15, 0.2) is 17.1 Å². The van der Waals surface area contributed by atoms with Gasteiger partial charge in [0.05, 0.1) is 34.9 Å². The van der Waals surface area contributed by atoms with E-state index in [1.54, 1.807) is 4.57 Å². The molecule has 38 heavy (non-hydrogen) atoms. The number of rotatable bonds is 6. The molecule has 10 nitrogen and oxygen atoms in total. The number of amides is 1. The lowest BCUT2D eigenvalue weighted by molar-refractivity contribution is -0.137. The molecule has 11 heteroatoms.